The Hall–Kier alpha value is -0.530. The second-order valence-electron chi connectivity index (χ2n) is 6.33. The summed E-state index contributed by atoms with van der Waals surface area (Å²) in [5, 5.41) is 0. The molecule has 0 heterocycles. The van der Waals surface area contributed by atoms with Gasteiger partial charge < -0.3 is 4.74 Å². The lowest BCUT2D eigenvalue weighted by Gasteiger charge is -2.38. The molecular weight excluding hydrogens is 200 g/mol. The van der Waals surface area contributed by atoms with Crippen molar-refractivity contribution in [3.63, 3.8) is 0 Å². The average Bonchev–Trinajstić information content (AvgIpc) is 2.57. The van der Waals surface area contributed by atoms with Crippen LogP contribution in [-0.4, -0.2) is 12.6 Å². The predicted molar refractivity (Wildman–Crippen MR) is 64.0 cm³/mol. The van der Waals surface area contributed by atoms with Gasteiger partial charge in [0.1, 0.15) is 0 Å². The molecule has 92 valence electrons. The molecule has 2 aliphatic rings. The van der Waals surface area contributed by atoms with Crippen LogP contribution in [0.5, 0.6) is 0 Å². The molecule has 2 nitrogen and oxygen atoms in total. The van der Waals surface area contributed by atoms with Crippen LogP contribution in [0, 0.1) is 22.7 Å². The van der Waals surface area contributed by atoms with Crippen LogP contribution in [0.4, 0.5) is 0 Å². The second kappa shape index (κ2) is 3.75. The van der Waals surface area contributed by atoms with Gasteiger partial charge in [0, 0.05) is 0 Å². The van der Waals surface area contributed by atoms with Gasteiger partial charge in [-0.25, -0.2) is 0 Å². The van der Waals surface area contributed by atoms with Crippen LogP contribution in [0.2, 0.25) is 0 Å². The largest absolute Gasteiger partial charge is 0.465 e. The van der Waals surface area contributed by atoms with Crippen molar-refractivity contribution in [1.29, 1.82) is 0 Å². The fraction of sp³-hybridized carbons (Fsp3) is 0.929. The lowest BCUT2D eigenvalue weighted by atomic mass is 9.67. The minimum absolute atomic E-state index is 0.0552. The van der Waals surface area contributed by atoms with Gasteiger partial charge >= 0.3 is 5.97 Å². The number of rotatable bonds is 3. The number of carbonyl (C=O) groups excluding carboxylic acids is 1. The van der Waals surface area contributed by atoms with Crippen molar-refractivity contribution in [2.24, 2.45) is 22.7 Å². The topological polar surface area (TPSA) is 26.3 Å². The van der Waals surface area contributed by atoms with Gasteiger partial charge in [-0.3, -0.25) is 4.79 Å². The molecule has 0 aromatic carbocycles. The lowest BCUT2D eigenvalue weighted by Crippen LogP contribution is -2.37. The highest BCUT2D eigenvalue weighted by Crippen LogP contribution is 2.68. The third kappa shape index (κ3) is 1.42. The Morgan fingerprint density at radius 1 is 1.38 bits per heavy atom. The summed E-state index contributed by atoms with van der Waals surface area (Å²) in [4.78, 5) is 12.1. The minimum atomic E-state index is 0.0552. The summed E-state index contributed by atoms with van der Waals surface area (Å²) in [5.74, 6) is 0.920. The Balaban J connectivity index is 2.12. The van der Waals surface area contributed by atoms with Gasteiger partial charge in [0.25, 0.3) is 0 Å². The van der Waals surface area contributed by atoms with Crippen molar-refractivity contribution >= 4 is 5.97 Å². The molecule has 0 aromatic heterocycles. The van der Waals surface area contributed by atoms with Crippen LogP contribution in [0.1, 0.15) is 53.4 Å². The Labute approximate surface area is 98.7 Å². The molecule has 0 amide bonds. The molecule has 16 heavy (non-hydrogen) atoms. The SMILES string of the molecule is CCCOC(=O)C1CC2CC[C@]1(C)C2(C)C. The van der Waals surface area contributed by atoms with Crippen LogP contribution in [-0.2, 0) is 9.53 Å². The molecule has 2 fully saturated rings. The van der Waals surface area contributed by atoms with E-state index in [1.54, 1.807) is 0 Å². The van der Waals surface area contributed by atoms with Crippen molar-refractivity contribution in [3.05, 3.63) is 0 Å². The molecule has 0 saturated heterocycles. The fourth-order valence-corrected chi connectivity index (χ4v) is 3.86. The summed E-state index contributed by atoms with van der Waals surface area (Å²) in [6.07, 6.45) is 4.45. The van der Waals surface area contributed by atoms with Crippen molar-refractivity contribution in [3.8, 4) is 0 Å². The van der Waals surface area contributed by atoms with E-state index in [0.29, 0.717) is 12.0 Å². The first-order chi connectivity index (χ1) is 7.43. The standard InChI is InChI=1S/C14H24O2/c1-5-8-16-12(15)11-9-10-6-7-14(11,4)13(10,2)3/h10-11H,5-9H2,1-4H3/t10?,11?,14-/m0/s1. The van der Waals surface area contributed by atoms with Crippen molar-refractivity contribution < 1.29 is 9.53 Å². The van der Waals surface area contributed by atoms with Gasteiger partial charge in [0.05, 0.1) is 12.5 Å². The van der Waals surface area contributed by atoms with E-state index in [4.69, 9.17) is 4.74 Å². The van der Waals surface area contributed by atoms with Crippen molar-refractivity contribution in [1.82, 2.24) is 0 Å². The summed E-state index contributed by atoms with van der Waals surface area (Å²) in [7, 11) is 0. The number of hydrogen-bond donors (Lipinski definition) is 0. The Kier molecular flexibility index (Phi) is 2.80. The molecule has 2 rings (SSSR count). The van der Waals surface area contributed by atoms with E-state index in [1.807, 2.05) is 6.92 Å². The number of ether oxygens (including phenoxy) is 1. The fourth-order valence-electron chi connectivity index (χ4n) is 3.86. The normalized spacial score (nSPS) is 40.0. The monoisotopic (exact) mass is 224 g/mol. The molecule has 2 aliphatic carbocycles. The average molecular weight is 224 g/mol. The maximum Gasteiger partial charge on any atom is 0.309 e. The molecule has 0 radical (unpaired) electrons. The first-order valence-corrected chi connectivity index (χ1v) is 6.60. The Morgan fingerprint density at radius 3 is 2.50 bits per heavy atom. The lowest BCUT2D eigenvalue weighted by molar-refractivity contribution is -0.154. The summed E-state index contributed by atoms with van der Waals surface area (Å²) in [6.45, 7) is 9.57. The van der Waals surface area contributed by atoms with E-state index >= 15 is 0 Å². The molecule has 0 aromatic rings. The summed E-state index contributed by atoms with van der Waals surface area (Å²) in [5.41, 5.74) is 0.478. The quantitative estimate of drug-likeness (QED) is 0.687. The zero-order chi connectivity index (χ0) is 12.0. The first kappa shape index (κ1) is 11.9. The third-order valence-corrected chi connectivity index (χ3v) is 5.53. The van der Waals surface area contributed by atoms with E-state index in [-0.39, 0.29) is 17.3 Å². The van der Waals surface area contributed by atoms with E-state index in [2.05, 4.69) is 20.8 Å². The Bertz CT molecular complexity index is 295. The van der Waals surface area contributed by atoms with Crippen molar-refractivity contribution in [2.75, 3.05) is 6.61 Å². The van der Waals surface area contributed by atoms with E-state index in [0.717, 1.165) is 18.8 Å². The molecular formula is C14H24O2. The molecule has 2 saturated carbocycles. The Morgan fingerprint density at radius 2 is 2.06 bits per heavy atom. The minimum Gasteiger partial charge on any atom is -0.465 e. The summed E-state index contributed by atoms with van der Waals surface area (Å²) < 4.78 is 5.35. The van der Waals surface area contributed by atoms with Gasteiger partial charge in [-0.15, -0.1) is 0 Å². The zero-order valence-corrected chi connectivity index (χ0v) is 11.0. The number of carbonyl (C=O) groups is 1. The van der Waals surface area contributed by atoms with Crippen LogP contribution in [0.25, 0.3) is 0 Å². The van der Waals surface area contributed by atoms with E-state index < -0.39 is 0 Å². The van der Waals surface area contributed by atoms with E-state index in [1.165, 1.54) is 12.8 Å². The van der Waals surface area contributed by atoms with E-state index in [9.17, 15) is 4.79 Å². The predicted octanol–water partition coefficient (Wildman–Crippen LogP) is 3.40. The zero-order valence-electron chi connectivity index (χ0n) is 11.0. The first-order valence-electron chi connectivity index (χ1n) is 6.60. The maximum atomic E-state index is 12.1. The number of hydrogen-bond acceptors (Lipinski definition) is 2. The van der Waals surface area contributed by atoms with Gasteiger partial charge in [0.2, 0.25) is 0 Å². The smallest absolute Gasteiger partial charge is 0.309 e. The molecule has 2 heteroatoms. The highest BCUT2D eigenvalue weighted by atomic mass is 16.5. The molecule has 0 spiro atoms. The second-order valence-corrected chi connectivity index (χ2v) is 6.33. The summed E-state index contributed by atoms with van der Waals surface area (Å²) >= 11 is 0. The summed E-state index contributed by atoms with van der Waals surface area (Å²) in [6, 6.07) is 0. The van der Waals surface area contributed by atoms with Crippen molar-refractivity contribution in [2.45, 2.75) is 53.4 Å². The van der Waals surface area contributed by atoms with Crippen LogP contribution in [0.15, 0.2) is 0 Å². The van der Waals surface area contributed by atoms with Crippen LogP contribution in [0.3, 0.4) is 0 Å². The molecule has 2 unspecified atom stereocenters. The maximum absolute atomic E-state index is 12.1. The molecule has 2 bridgehead atoms. The van der Waals surface area contributed by atoms with Gasteiger partial charge in [-0.2, -0.15) is 0 Å². The van der Waals surface area contributed by atoms with Gasteiger partial charge in [-0.05, 0) is 42.4 Å². The van der Waals surface area contributed by atoms with Crippen LogP contribution < -0.4 is 0 Å². The molecule has 0 aliphatic heterocycles. The highest BCUT2D eigenvalue weighted by Gasteiger charge is 2.63. The van der Waals surface area contributed by atoms with Gasteiger partial charge in [-0.1, -0.05) is 27.7 Å². The van der Waals surface area contributed by atoms with Crippen LogP contribution >= 0.6 is 0 Å². The molecule has 3 atom stereocenters. The third-order valence-electron chi connectivity index (χ3n) is 5.53. The molecule has 0 N–H and O–H groups in total. The van der Waals surface area contributed by atoms with Gasteiger partial charge in [0.15, 0.2) is 0 Å². The number of esters is 1. The number of fused-ring (bicyclic) bond motifs is 2. The highest BCUT2D eigenvalue weighted by molar-refractivity contribution is 5.74.